The molecule has 0 saturated carbocycles. The van der Waals surface area contributed by atoms with Crippen LogP contribution in [0.15, 0.2) is 144 Å². The molecule has 0 heterocycles. The second-order valence-corrected chi connectivity index (χ2v) is 12.7. The van der Waals surface area contributed by atoms with Crippen molar-refractivity contribution in [2.75, 3.05) is 10.6 Å². The third-order valence-corrected chi connectivity index (χ3v) is 8.78. The van der Waals surface area contributed by atoms with Gasteiger partial charge in [0.25, 0.3) is 11.8 Å². The molecule has 0 aliphatic carbocycles. The first kappa shape index (κ1) is 33.3. The van der Waals surface area contributed by atoms with E-state index in [2.05, 4.69) is 29.8 Å². The molecular weight excluding hydrogens is 626 g/mol. The zero-order valence-electron chi connectivity index (χ0n) is 25.9. The van der Waals surface area contributed by atoms with Gasteiger partial charge in [-0.3, -0.25) is 14.4 Å². The van der Waals surface area contributed by atoms with Gasteiger partial charge < -0.3 is 16.0 Å². The first-order valence-electron chi connectivity index (χ1n) is 15.1. The Balaban J connectivity index is 1.33. The summed E-state index contributed by atoms with van der Waals surface area (Å²) >= 11 is 7.41. The van der Waals surface area contributed by atoms with Crippen LogP contribution in [0.3, 0.4) is 0 Å². The summed E-state index contributed by atoms with van der Waals surface area (Å²) in [6, 6.07) is 40.4. The molecule has 0 aromatic heterocycles. The van der Waals surface area contributed by atoms with Gasteiger partial charge in [-0.25, -0.2) is 0 Å². The van der Waals surface area contributed by atoms with Gasteiger partial charge in [-0.2, -0.15) is 0 Å². The monoisotopic (exact) mass is 659 g/mol. The number of rotatable bonds is 11. The molecule has 0 aliphatic heterocycles. The molecule has 0 saturated heterocycles. The lowest BCUT2D eigenvalue weighted by Crippen LogP contribution is -2.30. The van der Waals surface area contributed by atoms with Crippen molar-refractivity contribution in [1.29, 1.82) is 0 Å². The minimum atomic E-state index is -0.530. The average Bonchev–Trinajstić information content (AvgIpc) is 3.09. The highest BCUT2D eigenvalue weighted by atomic mass is 35.5. The molecule has 47 heavy (non-hydrogen) atoms. The normalized spacial score (nSPS) is 11.9. The van der Waals surface area contributed by atoms with Crippen molar-refractivity contribution in [2.24, 2.45) is 0 Å². The molecule has 8 heteroatoms. The van der Waals surface area contributed by atoms with Crippen LogP contribution in [0.5, 0.6) is 0 Å². The third-order valence-electron chi connectivity index (χ3n) is 7.26. The van der Waals surface area contributed by atoms with Crippen molar-refractivity contribution in [3.8, 4) is 0 Å². The van der Waals surface area contributed by atoms with Crippen molar-refractivity contribution >= 4 is 58.5 Å². The fraction of sp³-hybridized carbons (Fsp3) is 0.103. The molecule has 6 nitrogen and oxygen atoms in total. The Labute approximate surface area is 284 Å². The van der Waals surface area contributed by atoms with Crippen LogP contribution in [-0.2, 0) is 9.59 Å². The molecule has 5 rings (SSSR count). The predicted molar refractivity (Wildman–Crippen MR) is 193 cm³/mol. The summed E-state index contributed by atoms with van der Waals surface area (Å²) in [5, 5.41) is 8.72. The summed E-state index contributed by atoms with van der Waals surface area (Å²) in [6.07, 6.45) is 1.66. The van der Waals surface area contributed by atoms with Crippen LogP contribution in [0.4, 0.5) is 11.4 Å². The Bertz CT molecular complexity index is 1840. The second-order valence-electron chi connectivity index (χ2n) is 11.1. The van der Waals surface area contributed by atoms with Gasteiger partial charge in [0, 0.05) is 26.9 Å². The lowest BCUT2D eigenvalue weighted by atomic mass is 10.0. The van der Waals surface area contributed by atoms with Crippen molar-refractivity contribution in [3.05, 3.63) is 166 Å². The average molecular weight is 660 g/mol. The van der Waals surface area contributed by atoms with E-state index in [1.54, 1.807) is 66.7 Å². The maximum absolute atomic E-state index is 13.5. The Kier molecular flexibility index (Phi) is 11.3. The summed E-state index contributed by atoms with van der Waals surface area (Å²) in [7, 11) is 0. The van der Waals surface area contributed by atoms with Crippen molar-refractivity contribution in [1.82, 2.24) is 5.32 Å². The van der Waals surface area contributed by atoms with E-state index >= 15 is 0 Å². The van der Waals surface area contributed by atoms with E-state index in [9.17, 15) is 14.4 Å². The van der Waals surface area contributed by atoms with E-state index in [-0.39, 0.29) is 17.5 Å². The third kappa shape index (κ3) is 9.45. The lowest BCUT2D eigenvalue weighted by Gasteiger charge is -2.17. The number of anilines is 2. The summed E-state index contributed by atoms with van der Waals surface area (Å²) < 4.78 is 0. The lowest BCUT2D eigenvalue weighted by molar-refractivity contribution is -0.116. The SMILES string of the molecule is CC(C)c1ccc(/C=C(\NC(=O)c2ccccc2)C(=O)Nc2ccc(SC(C(=O)Nc3ccc(Cl)cc3)c3ccccc3)cc2)cc1. The number of amides is 3. The van der Waals surface area contributed by atoms with E-state index in [1.165, 1.54) is 17.3 Å². The highest BCUT2D eigenvalue weighted by molar-refractivity contribution is 8.00. The molecule has 236 valence electrons. The molecule has 5 aromatic rings. The van der Waals surface area contributed by atoms with Crippen molar-refractivity contribution in [3.63, 3.8) is 0 Å². The Morgan fingerprint density at radius 2 is 1.23 bits per heavy atom. The van der Waals surface area contributed by atoms with Crippen LogP contribution in [0.2, 0.25) is 5.02 Å². The number of benzene rings is 5. The molecule has 5 aromatic carbocycles. The van der Waals surface area contributed by atoms with E-state index in [0.717, 1.165) is 16.0 Å². The standard InChI is InChI=1S/C39H34ClN3O3S/c1-26(2)28-15-13-27(14-16-28)25-35(43-37(44)30-11-7-4-8-12-30)38(45)41-33-21-23-34(24-22-33)47-36(29-9-5-3-6-10-29)39(46)42-32-19-17-31(40)18-20-32/h3-26,36H,1-2H3,(H,41,45)(H,42,46)(H,43,44)/b35-25-. The summed E-state index contributed by atoms with van der Waals surface area (Å²) in [4.78, 5) is 40.8. The molecule has 3 amide bonds. The van der Waals surface area contributed by atoms with Gasteiger partial charge in [0.15, 0.2) is 0 Å². The van der Waals surface area contributed by atoms with E-state index in [1.807, 2.05) is 72.8 Å². The van der Waals surface area contributed by atoms with Gasteiger partial charge in [0.05, 0.1) is 0 Å². The fourth-order valence-corrected chi connectivity index (χ4v) is 5.83. The number of thioether (sulfide) groups is 1. The fourth-order valence-electron chi connectivity index (χ4n) is 4.68. The number of hydrogen-bond donors (Lipinski definition) is 3. The van der Waals surface area contributed by atoms with Crippen LogP contribution in [0, 0.1) is 0 Å². The van der Waals surface area contributed by atoms with Gasteiger partial charge in [-0.15, -0.1) is 11.8 Å². The number of halogens is 1. The van der Waals surface area contributed by atoms with Gasteiger partial charge in [-0.1, -0.05) is 98.2 Å². The number of carbonyl (C=O) groups is 3. The summed E-state index contributed by atoms with van der Waals surface area (Å²) in [5.74, 6) is -0.657. The molecule has 0 bridgehead atoms. The van der Waals surface area contributed by atoms with Crippen LogP contribution in [0.1, 0.15) is 52.1 Å². The zero-order chi connectivity index (χ0) is 33.2. The highest BCUT2D eigenvalue weighted by Crippen LogP contribution is 2.37. The quantitative estimate of drug-likeness (QED) is 0.0974. The Hall–Kier alpha value is -5.11. The second kappa shape index (κ2) is 15.9. The molecule has 0 spiro atoms. The van der Waals surface area contributed by atoms with Crippen molar-refractivity contribution in [2.45, 2.75) is 29.9 Å². The minimum Gasteiger partial charge on any atom is -0.325 e. The molecule has 0 radical (unpaired) electrons. The summed E-state index contributed by atoms with van der Waals surface area (Å²) in [6.45, 7) is 4.23. The van der Waals surface area contributed by atoms with Gasteiger partial charge in [0.2, 0.25) is 5.91 Å². The highest BCUT2D eigenvalue weighted by Gasteiger charge is 2.22. The number of hydrogen-bond acceptors (Lipinski definition) is 4. The Morgan fingerprint density at radius 3 is 1.85 bits per heavy atom. The molecule has 1 unspecified atom stereocenters. The largest absolute Gasteiger partial charge is 0.325 e. The van der Waals surface area contributed by atoms with Crippen LogP contribution < -0.4 is 16.0 Å². The molecular formula is C39H34ClN3O3S. The maximum atomic E-state index is 13.5. The molecule has 0 aliphatic rings. The van der Waals surface area contributed by atoms with Gasteiger partial charge >= 0.3 is 0 Å². The van der Waals surface area contributed by atoms with E-state index in [0.29, 0.717) is 27.9 Å². The topological polar surface area (TPSA) is 87.3 Å². The molecule has 3 N–H and O–H groups in total. The van der Waals surface area contributed by atoms with E-state index in [4.69, 9.17) is 11.6 Å². The summed E-state index contributed by atoms with van der Waals surface area (Å²) in [5.41, 5.74) is 4.55. The maximum Gasteiger partial charge on any atom is 0.272 e. The smallest absolute Gasteiger partial charge is 0.272 e. The predicted octanol–water partition coefficient (Wildman–Crippen LogP) is 9.35. The van der Waals surface area contributed by atoms with E-state index < -0.39 is 11.2 Å². The first-order valence-corrected chi connectivity index (χ1v) is 16.4. The van der Waals surface area contributed by atoms with Crippen LogP contribution >= 0.6 is 23.4 Å². The molecule has 1 atom stereocenters. The van der Waals surface area contributed by atoms with Crippen LogP contribution in [-0.4, -0.2) is 17.7 Å². The molecule has 0 fully saturated rings. The Morgan fingerprint density at radius 1 is 0.660 bits per heavy atom. The number of carbonyl (C=O) groups excluding carboxylic acids is 3. The number of nitrogens with one attached hydrogen (secondary N) is 3. The zero-order valence-corrected chi connectivity index (χ0v) is 27.5. The van der Waals surface area contributed by atoms with Crippen molar-refractivity contribution < 1.29 is 14.4 Å². The van der Waals surface area contributed by atoms with Gasteiger partial charge in [-0.05, 0) is 89.3 Å². The minimum absolute atomic E-state index is 0.109. The first-order chi connectivity index (χ1) is 22.7. The van der Waals surface area contributed by atoms with Gasteiger partial charge in [0.1, 0.15) is 10.9 Å². The van der Waals surface area contributed by atoms with Crippen LogP contribution in [0.25, 0.3) is 6.08 Å².